The zero-order valence-electron chi connectivity index (χ0n) is 32.8. The maximum atomic E-state index is 12.8. The maximum Gasteiger partial charge on any atom is 0.407 e. The van der Waals surface area contributed by atoms with Crippen LogP contribution in [0.1, 0.15) is 106 Å². The van der Waals surface area contributed by atoms with E-state index in [2.05, 4.69) is 65.3 Å². The second kappa shape index (κ2) is 20.4. The van der Waals surface area contributed by atoms with E-state index in [-0.39, 0.29) is 85.5 Å². The normalized spacial score (nSPS) is 25.0. The lowest BCUT2D eigenvalue weighted by Crippen LogP contribution is -2.47. The molecule has 0 saturated heterocycles. The van der Waals surface area contributed by atoms with Gasteiger partial charge in [0.25, 0.3) is 0 Å². The van der Waals surface area contributed by atoms with Crippen molar-refractivity contribution >= 4 is 36.1 Å². The van der Waals surface area contributed by atoms with Crippen LogP contribution in [0.5, 0.6) is 0 Å². The summed E-state index contributed by atoms with van der Waals surface area (Å²) in [6.07, 6.45) is 5.78. The van der Waals surface area contributed by atoms with Gasteiger partial charge in [0.15, 0.2) is 0 Å². The van der Waals surface area contributed by atoms with E-state index in [0.29, 0.717) is 25.8 Å². The summed E-state index contributed by atoms with van der Waals surface area (Å²) in [5, 5.41) is 5.77. The first-order chi connectivity index (χ1) is 24.7. The number of alkyl carbamates (subject to hydrolysis) is 2. The molecule has 14 heteroatoms. The summed E-state index contributed by atoms with van der Waals surface area (Å²) < 4.78 is 31.0. The molecule has 2 aliphatic rings. The molecule has 2 fully saturated rings. The molecule has 14 nitrogen and oxygen atoms in total. The molecular weight excluding hydrogens is 688 g/mol. The summed E-state index contributed by atoms with van der Waals surface area (Å²) in [7, 11) is 0. The number of hydrogen-bond acceptors (Lipinski definition) is 12. The molecule has 2 N–H and O–H groups in total. The molecular formula is C39H62N2O12. The third kappa shape index (κ3) is 18.0. The van der Waals surface area contributed by atoms with Crippen LogP contribution in [0.25, 0.3) is 0 Å². The number of esters is 4. The standard InChI is InChI=1S/C39H62N2O12/c1-10-30(42)48-14-15-50-33(45)18-28-19-36(4,5)25-39(9,20-28)26-40-34(46)52-23-27(3)53-32(44)12-13-38(8)22-29(21-37(6,7)24-38)41-35(47)51-17-16-49-31(43)11-2/h10-11,27-29H,1-2,12-26H2,3-9H3,(H,40,46)(H,41,47). The molecule has 2 aliphatic carbocycles. The SMILES string of the molecule is C=CC(=O)OCCOC(=O)CC1CC(C)(C)CC(C)(CNC(=O)OCC(C)OC(=O)CCC2(C)CC(NC(=O)OCCOC(=O)C=C)CC(C)(C)C2)C1. The lowest BCUT2D eigenvalue weighted by molar-refractivity contribution is -0.151. The van der Waals surface area contributed by atoms with Crippen LogP contribution < -0.4 is 10.6 Å². The minimum absolute atomic E-state index is 0.0244. The quantitative estimate of drug-likeness (QED) is 0.0685. The molecule has 0 aromatic carbocycles. The molecule has 0 heterocycles. The van der Waals surface area contributed by atoms with Crippen molar-refractivity contribution in [2.45, 2.75) is 118 Å². The highest BCUT2D eigenvalue weighted by Gasteiger charge is 2.43. The van der Waals surface area contributed by atoms with Crippen molar-refractivity contribution in [1.82, 2.24) is 10.6 Å². The zero-order valence-corrected chi connectivity index (χ0v) is 32.8. The molecule has 0 aliphatic heterocycles. The van der Waals surface area contributed by atoms with Crippen molar-refractivity contribution in [2.24, 2.45) is 27.6 Å². The van der Waals surface area contributed by atoms with E-state index >= 15 is 0 Å². The first-order valence-electron chi connectivity index (χ1n) is 18.4. The van der Waals surface area contributed by atoms with Gasteiger partial charge in [0.2, 0.25) is 0 Å². The van der Waals surface area contributed by atoms with Gasteiger partial charge in [0, 0.05) is 37.6 Å². The average Bonchev–Trinajstić information content (AvgIpc) is 3.03. The van der Waals surface area contributed by atoms with Gasteiger partial charge < -0.3 is 39.1 Å². The van der Waals surface area contributed by atoms with E-state index in [1.807, 2.05) is 0 Å². The molecule has 5 unspecified atom stereocenters. The fourth-order valence-corrected chi connectivity index (χ4v) is 8.50. The number of rotatable bonds is 19. The molecule has 5 atom stereocenters. The van der Waals surface area contributed by atoms with E-state index in [1.165, 1.54) is 0 Å². The van der Waals surface area contributed by atoms with Crippen LogP contribution in [0.2, 0.25) is 0 Å². The Morgan fingerprint density at radius 3 is 1.89 bits per heavy atom. The average molecular weight is 751 g/mol. The highest BCUT2D eigenvalue weighted by Crippen LogP contribution is 2.50. The van der Waals surface area contributed by atoms with Crippen molar-refractivity contribution in [3.05, 3.63) is 25.3 Å². The molecule has 2 saturated carbocycles. The van der Waals surface area contributed by atoms with E-state index in [9.17, 15) is 28.8 Å². The number of carbonyl (C=O) groups is 6. The molecule has 0 spiro atoms. The van der Waals surface area contributed by atoms with E-state index in [1.54, 1.807) is 6.92 Å². The van der Waals surface area contributed by atoms with Gasteiger partial charge in [0.05, 0.1) is 0 Å². The molecule has 0 radical (unpaired) electrons. The van der Waals surface area contributed by atoms with Crippen LogP contribution >= 0.6 is 0 Å². The third-order valence-electron chi connectivity index (χ3n) is 9.61. The molecule has 2 amide bonds. The molecule has 2 rings (SSSR count). The Kier molecular flexibility index (Phi) is 17.3. The van der Waals surface area contributed by atoms with Crippen LogP contribution in [0.15, 0.2) is 25.3 Å². The third-order valence-corrected chi connectivity index (χ3v) is 9.61. The number of amides is 2. The Hall–Kier alpha value is -4.10. The molecule has 0 aromatic heterocycles. The largest absolute Gasteiger partial charge is 0.462 e. The van der Waals surface area contributed by atoms with Crippen LogP contribution in [0, 0.1) is 27.6 Å². The Morgan fingerprint density at radius 2 is 1.26 bits per heavy atom. The predicted molar refractivity (Wildman–Crippen MR) is 195 cm³/mol. The molecule has 0 aromatic rings. The first-order valence-corrected chi connectivity index (χ1v) is 18.4. The van der Waals surface area contributed by atoms with Gasteiger partial charge in [0.1, 0.15) is 39.1 Å². The Balaban J connectivity index is 1.75. The minimum atomic E-state index is -0.654. The maximum absolute atomic E-state index is 12.8. The summed E-state index contributed by atoms with van der Waals surface area (Å²) in [5.41, 5.74) is -0.693. The van der Waals surface area contributed by atoms with Gasteiger partial charge in [-0.3, -0.25) is 9.59 Å². The second-order valence-electron chi connectivity index (χ2n) is 16.9. The predicted octanol–water partition coefficient (Wildman–Crippen LogP) is 5.96. The van der Waals surface area contributed by atoms with Gasteiger partial charge in [-0.2, -0.15) is 0 Å². The smallest absolute Gasteiger partial charge is 0.407 e. The molecule has 300 valence electrons. The van der Waals surface area contributed by atoms with Crippen LogP contribution in [-0.4, -0.2) is 87.8 Å². The highest BCUT2D eigenvalue weighted by atomic mass is 16.6. The minimum Gasteiger partial charge on any atom is -0.462 e. The summed E-state index contributed by atoms with van der Waals surface area (Å²) in [6, 6.07) is -0.162. The van der Waals surface area contributed by atoms with Gasteiger partial charge in [-0.05, 0) is 79.4 Å². The van der Waals surface area contributed by atoms with Crippen molar-refractivity contribution in [2.75, 3.05) is 39.6 Å². The topological polar surface area (TPSA) is 182 Å². The Labute approximate surface area is 314 Å². The van der Waals surface area contributed by atoms with Gasteiger partial charge in [-0.1, -0.05) is 54.7 Å². The van der Waals surface area contributed by atoms with Crippen molar-refractivity contribution in [1.29, 1.82) is 0 Å². The van der Waals surface area contributed by atoms with Crippen LogP contribution in [0.3, 0.4) is 0 Å². The van der Waals surface area contributed by atoms with Crippen molar-refractivity contribution in [3.63, 3.8) is 0 Å². The summed E-state index contributed by atoms with van der Waals surface area (Å²) >= 11 is 0. The highest BCUT2D eigenvalue weighted by molar-refractivity contribution is 5.81. The van der Waals surface area contributed by atoms with E-state index in [0.717, 1.165) is 37.8 Å². The van der Waals surface area contributed by atoms with Gasteiger partial charge in [-0.25, -0.2) is 19.2 Å². The number of carbonyl (C=O) groups excluding carboxylic acids is 6. The summed E-state index contributed by atoms with van der Waals surface area (Å²) in [6.45, 7) is 21.1. The first kappa shape index (κ1) is 45.1. The van der Waals surface area contributed by atoms with Gasteiger partial charge >= 0.3 is 36.1 Å². The molecule has 0 bridgehead atoms. The zero-order chi connectivity index (χ0) is 39.9. The Morgan fingerprint density at radius 1 is 0.698 bits per heavy atom. The van der Waals surface area contributed by atoms with E-state index < -0.39 is 36.2 Å². The fraction of sp³-hybridized carbons (Fsp3) is 0.744. The number of ether oxygens (including phenoxy) is 6. The monoisotopic (exact) mass is 750 g/mol. The van der Waals surface area contributed by atoms with E-state index in [4.69, 9.17) is 28.4 Å². The van der Waals surface area contributed by atoms with Crippen LogP contribution in [0.4, 0.5) is 9.59 Å². The van der Waals surface area contributed by atoms with Crippen molar-refractivity contribution in [3.8, 4) is 0 Å². The lowest BCUT2D eigenvalue weighted by Gasteiger charge is -2.46. The summed E-state index contributed by atoms with van der Waals surface area (Å²) in [4.78, 5) is 72.6. The van der Waals surface area contributed by atoms with Crippen LogP contribution in [-0.2, 0) is 47.6 Å². The van der Waals surface area contributed by atoms with Crippen molar-refractivity contribution < 1.29 is 57.2 Å². The number of nitrogens with one attached hydrogen (secondary N) is 2. The van der Waals surface area contributed by atoms with Gasteiger partial charge in [-0.15, -0.1) is 0 Å². The summed E-state index contributed by atoms with van der Waals surface area (Å²) in [5.74, 6) is -1.87. The Bertz CT molecular complexity index is 1310. The second-order valence-corrected chi connectivity index (χ2v) is 16.9. The lowest BCUT2D eigenvalue weighted by atomic mass is 9.60. The molecule has 53 heavy (non-hydrogen) atoms. The number of hydrogen-bond donors (Lipinski definition) is 2. The fourth-order valence-electron chi connectivity index (χ4n) is 8.50.